The molecule has 1 N–H and O–H groups in total. The van der Waals surface area contributed by atoms with Gasteiger partial charge < -0.3 is 19.2 Å². The van der Waals surface area contributed by atoms with Crippen molar-refractivity contribution in [2.45, 2.75) is 32.7 Å². The van der Waals surface area contributed by atoms with Gasteiger partial charge in [-0.15, -0.1) is 5.10 Å². The Hall–Kier alpha value is -3.96. The molecule has 0 aliphatic heterocycles. The van der Waals surface area contributed by atoms with Gasteiger partial charge in [0.25, 0.3) is 0 Å². The predicted octanol–water partition coefficient (Wildman–Crippen LogP) is 1.96. The largest absolute Gasteiger partial charge is 0.466 e. The van der Waals surface area contributed by atoms with Gasteiger partial charge in [-0.3, -0.25) is 9.48 Å². The van der Waals surface area contributed by atoms with Crippen LogP contribution in [0, 0.1) is 0 Å². The van der Waals surface area contributed by atoms with E-state index in [-0.39, 0.29) is 32.0 Å². The number of esters is 2. The Labute approximate surface area is 182 Å². The fraction of sp³-hybridized carbons (Fsp3) is 0.400. The number of carbonyl (C=O) groups excluding carboxylic acids is 2. The highest BCUT2D eigenvalue weighted by Gasteiger charge is 2.25. The number of ether oxygens (including phenoxy) is 2. The lowest BCUT2D eigenvalue weighted by Crippen LogP contribution is -2.33. The van der Waals surface area contributed by atoms with Gasteiger partial charge in [-0.05, 0) is 32.4 Å². The maximum Gasteiger partial charge on any atom is 0.328 e. The number of rotatable bonds is 9. The molecular weight excluding hydrogens is 418 g/mol. The van der Waals surface area contributed by atoms with Crippen molar-refractivity contribution in [3.05, 3.63) is 24.6 Å². The van der Waals surface area contributed by atoms with Crippen LogP contribution >= 0.6 is 0 Å². The van der Waals surface area contributed by atoms with E-state index in [0.717, 1.165) is 0 Å². The fourth-order valence-corrected chi connectivity index (χ4v) is 3.25. The SMILES string of the molecule is CCOC(=O)CC[C@H](Nc1nc2nn(C)cc2c2nc(-c3ccco3)nn12)C(=O)OCC. The van der Waals surface area contributed by atoms with Gasteiger partial charge in [-0.1, -0.05) is 0 Å². The Morgan fingerprint density at radius 3 is 2.72 bits per heavy atom. The first kappa shape index (κ1) is 21.3. The van der Waals surface area contributed by atoms with Crippen LogP contribution in [0.25, 0.3) is 28.3 Å². The molecule has 0 aromatic carbocycles. The number of hydrogen-bond donors (Lipinski definition) is 1. The maximum atomic E-state index is 12.6. The van der Waals surface area contributed by atoms with Crippen LogP contribution in [-0.2, 0) is 26.1 Å². The van der Waals surface area contributed by atoms with E-state index in [0.29, 0.717) is 28.3 Å². The van der Waals surface area contributed by atoms with Gasteiger partial charge in [0.2, 0.25) is 11.8 Å². The fourth-order valence-electron chi connectivity index (χ4n) is 3.25. The molecular formula is C20H23N7O5. The van der Waals surface area contributed by atoms with E-state index < -0.39 is 18.0 Å². The van der Waals surface area contributed by atoms with Crippen LogP contribution in [0.2, 0.25) is 0 Å². The predicted molar refractivity (Wildman–Crippen MR) is 113 cm³/mol. The molecule has 0 unspecified atom stereocenters. The zero-order valence-corrected chi connectivity index (χ0v) is 17.9. The number of furan rings is 1. The molecule has 4 aromatic rings. The Morgan fingerprint density at radius 2 is 2.00 bits per heavy atom. The Balaban J connectivity index is 1.74. The molecule has 4 aromatic heterocycles. The van der Waals surface area contributed by atoms with E-state index in [9.17, 15) is 9.59 Å². The van der Waals surface area contributed by atoms with Crippen LogP contribution < -0.4 is 5.32 Å². The van der Waals surface area contributed by atoms with E-state index in [1.165, 1.54) is 10.8 Å². The summed E-state index contributed by atoms with van der Waals surface area (Å²) in [5.41, 5.74) is 0.916. The van der Waals surface area contributed by atoms with Crippen molar-refractivity contribution < 1.29 is 23.5 Å². The summed E-state index contributed by atoms with van der Waals surface area (Å²) in [6.07, 6.45) is 3.50. The average Bonchev–Trinajstić information content (AvgIpc) is 3.49. The first-order valence-electron chi connectivity index (χ1n) is 10.2. The topological polar surface area (TPSA) is 139 Å². The Morgan fingerprint density at radius 1 is 1.19 bits per heavy atom. The summed E-state index contributed by atoms with van der Waals surface area (Å²) in [7, 11) is 1.77. The lowest BCUT2D eigenvalue weighted by Gasteiger charge is -2.17. The number of nitrogens with zero attached hydrogens (tertiary/aromatic N) is 6. The van der Waals surface area contributed by atoms with Crippen molar-refractivity contribution in [1.29, 1.82) is 0 Å². The molecule has 32 heavy (non-hydrogen) atoms. The molecule has 0 saturated carbocycles. The highest BCUT2D eigenvalue weighted by atomic mass is 16.5. The number of aromatic nitrogens is 6. The van der Waals surface area contributed by atoms with Crippen LogP contribution in [0.15, 0.2) is 29.0 Å². The number of anilines is 1. The minimum Gasteiger partial charge on any atom is -0.466 e. The summed E-state index contributed by atoms with van der Waals surface area (Å²) in [6, 6.07) is 2.63. The van der Waals surface area contributed by atoms with Gasteiger partial charge in [-0.25, -0.2) is 9.78 Å². The number of hydrogen-bond acceptors (Lipinski definition) is 10. The maximum absolute atomic E-state index is 12.6. The zero-order chi connectivity index (χ0) is 22.7. The molecule has 4 rings (SSSR count). The molecule has 0 aliphatic rings. The van der Waals surface area contributed by atoms with Crippen LogP contribution in [0.1, 0.15) is 26.7 Å². The van der Waals surface area contributed by atoms with E-state index in [2.05, 4.69) is 25.5 Å². The second-order valence-electron chi connectivity index (χ2n) is 6.92. The molecule has 0 bridgehead atoms. The molecule has 0 amide bonds. The molecule has 0 saturated heterocycles. The second-order valence-corrected chi connectivity index (χ2v) is 6.92. The third-order valence-electron chi connectivity index (χ3n) is 4.63. The zero-order valence-electron chi connectivity index (χ0n) is 17.9. The smallest absolute Gasteiger partial charge is 0.328 e. The summed E-state index contributed by atoms with van der Waals surface area (Å²) < 4.78 is 18.7. The number of carbonyl (C=O) groups is 2. The average molecular weight is 441 g/mol. The van der Waals surface area contributed by atoms with Crippen LogP contribution in [0.3, 0.4) is 0 Å². The molecule has 12 nitrogen and oxygen atoms in total. The van der Waals surface area contributed by atoms with Crippen molar-refractivity contribution in [3.8, 4) is 11.6 Å². The van der Waals surface area contributed by atoms with Crippen molar-refractivity contribution in [3.63, 3.8) is 0 Å². The molecule has 0 radical (unpaired) electrons. The lowest BCUT2D eigenvalue weighted by atomic mass is 10.1. The molecule has 168 valence electrons. The Kier molecular flexibility index (Phi) is 6.01. The van der Waals surface area contributed by atoms with Gasteiger partial charge in [0.05, 0.1) is 24.9 Å². The molecule has 0 fully saturated rings. The monoisotopic (exact) mass is 441 g/mol. The minimum absolute atomic E-state index is 0.0360. The third kappa shape index (κ3) is 4.24. The van der Waals surface area contributed by atoms with Crippen LogP contribution in [0.5, 0.6) is 0 Å². The molecule has 0 aliphatic carbocycles. The first-order valence-corrected chi connectivity index (χ1v) is 10.2. The van der Waals surface area contributed by atoms with Crippen molar-refractivity contribution in [2.24, 2.45) is 7.05 Å². The van der Waals surface area contributed by atoms with Gasteiger partial charge in [0.15, 0.2) is 17.1 Å². The van der Waals surface area contributed by atoms with Crippen LogP contribution in [-0.4, -0.2) is 60.6 Å². The van der Waals surface area contributed by atoms with Crippen molar-refractivity contribution in [1.82, 2.24) is 29.4 Å². The van der Waals surface area contributed by atoms with Gasteiger partial charge in [0, 0.05) is 19.7 Å². The summed E-state index contributed by atoms with van der Waals surface area (Å²) in [5.74, 6) is 0.164. The quantitative estimate of drug-likeness (QED) is 0.383. The third-order valence-corrected chi connectivity index (χ3v) is 4.63. The number of nitrogens with one attached hydrogen (secondary N) is 1. The highest BCUT2D eigenvalue weighted by Crippen LogP contribution is 2.24. The van der Waals surface area contributed by atoms with E-state index in [1.807, 2.05) is 0 Å². The van der Waals surface area contributed by atoms with E-state index >= 15 is 0 Å². The summed E-state index contributed by atoms with van der Waals surface area (Å²) in [4.78, 5) is 33.5. The van der Waals surface area contributed by atoms with Crippen molar-refractivity contribution in [2.75, 3.05) is 18.5 Å². The standard InChI is InChI=1S/C20H23N7O5/c1-4-30-15(28)9-8-13(19(29)31-5-2)21-20-23-16-12(11-26(3)24-16)18-22-17(25-27(18)20)14-7-6-10-32-14/h6-7,10-11,13H,4-5,8-9H2,1-3H3,(H,21,23,24)/t13-/m0/s1. The summed E-state index contributed by atoms with van der Waals surface area (Å²) in [5, 5.41) is 12.6. The lowest BCUT2D eigenvalue weighted by molar-refractivity contribution is -0.145. The number of aryl methyl sites for hydroxylation is 1. The summed E-state index contributed by atoms with van der Waals surface area (Å²) >= 11 is 0. The highest BCUT2D eigenvalue weighted by molar-refractivity contribution is 5.90. The summed E-state index contributed by atoms with van der Waals surface area (Å²) in [6.45, 7) is 3.90. The van der Waals surface area contributed by atoms with Crippen molar-refractivity contribution >= 4 is 34.6 Å². The first-order chi connectivity index (χ1) is 15.5. The molecule has 4 heterocycles. The minimum atomic E-state index is -0.854. The second kappa shape index (κ2) is 9.04. The molecule has 12 heteroatoms. The van der Waals surface area contributed by atoms with E-state index in [1.54, 1.807) is 43.9 Å². The van der Waals surface area contributed by atoms with E-state index in [4.69, 9.17) is 13.9 Å². The van der Waals surface area contributed by atoms with Gasteiger partial charge in [-0.2, -0.15) is 14.6 Å². The number of fused-ring (bicyclic) bond motifs is 3. The van der Waals surface area contributed by atoms with Crippen LogP contribution in [0.4, 0.5) is 5.95 Å². The normalized spacial score (nSPS) is 12.2. The molecule has 0 spiro atoms. The Bertz CT molecular complexity index is 1240. The molecule has 1 atom stereocenters. The van der Waals surface area contributed by atoms with Gasteiger partial charge >= 0.3 is 11.9 Å². The van der Waals surface area contributed by atoms with Gasteiger partial charge in [0.1, 0.15) is 6.04 Å².